The van der Waals surface area contributed by atoms with Crippen LogP contribution in [0, 0.1) is 5.92 Å². The molecule has 3 rings (SSSR count). The van der Waals surface area contributed by atoms with E-state index in [2.05, 4.69) is 28.1 Å². The van der Waals surface area contributed by atoms with Crippen molar-refractivity contribution in [2.45, 2.75) is 26.0 Å². The summed E-state index contributed by atoms with van der Waals surface area (Å²) < 4.78 is 7.63. The Labute approximate surface area is 113 Å². The highest BCUT2D eigenvalue weighted by atomic mass is 16.5. The summed E-state index contributed by atoms with van der Waals surface area (Å²) in [5, 5.41) is 3.42. The van der Waals surface area contributed by atoms with Gasteiger partial charge in [-0.25, -0.2) is 4.98 Å². The van der Waals surface area contributed by atoms with Gasteiger partial charge in [-0.05, 0) is 44.0 Å². The van der Waals surface area contributed by atoms with Crippen LogP contribution in [-0.2, 0) is 17.9 Å². The Morgan fingerprint density at radius 2 is 2.11 bits per heavy atom. The molecule has 4 heteroatoms. The van der Waals surface area contributed by atoms with Gasteiger partial charge in [-0.1, -0.05) is 12.1 Å². The number of hydrogen-bond donors (Lipinski definition) is 1. The Kier molecular flexibility index (Phi) is 3.80. The Morgan fingerprint density at radius 1 is 1.32 bits per heavy atom. The van der Waals surface area contributed by atoms with Crippen LogP contribution >= 0.6 is 0 Å². The van der Waals surface area contributed by atoms with Gasteiger partial charge in [0.05, 0.1) is 11.0 Å². The first-order valence-electron chi connectivity index (χ1n) is 7.02. The minimum absolute atomic E-state index is 0.583. The number of benzene rings is 1. The second-order valence-corrected chi connectivity index (χ2v) is 5.25. The van der Waals surface area contributed by atoms with Crippen LogP contribution in [0.2, 0.25) is 0 Å². The molecule has 2 aromatic rings. The van der Waals surface area contributed by atoms with Gasteiger partial charge in [0.15, 0.2) is 0 Å². The monoisotopic (exact) mass is 259 g/mol. The van der Waals surface area contributed by atoms with Crippen molar-refractivity contribution in [2.24, 2.45) is 5.92 Å². The van der Waals surface area contributed by atoms with Gasteiger partial charge in [0.1, 0.15) is 12.4 Å². The van der Waals surface area contributed by atoms with Crippen molar-refractivity contribution in [3.05, 3.63) is 30.1 Å². The molecule has 0 radical (unpaired) electrons. The van der Waals surface area contributed by atoms with Crippen molar-refractivity contribution >= 4 is 11.0 Å². The normalized spacial score (nSPS) is 17.1. The summed E-state index contributed by atoms with van der Waals surface area (Å²) in [7, 11) is 1.73. The van der Waals surface area contributed by atoms with Gasteiger partial charge >= 0.3 is 0 Å². The van der Waals surface area contributed by atoms with Gasteiger partial charge in [0.2, 0.25) is 0 Å². The molecule has 19 heavy (non-hydrogen) atoms. The molecule has 0 saturated carbocycles. The van der Waals surface area contributed by atoms with Crippen molar-refractivity contribution in [3.8, 4) is 0 Å². The van der Waals surface area contributed by atoms with Crippen molar-refractivity contribution in [3.63, 3.8) is 0 Å². The number of rotatable bonds is 4. The number of hydrogen-bond acceptors (Lipinski definition) is 3. The van der Waals surface area contributed by atoms with Gasteiger partial charge in [-0.3, -0.25) is 0 Å². The molecule has 0 amide bonds. The van der Waals surface area contributed by atoms with E-state index in [1.54, 1.807) is 7.11 Å². The lowest BCUT2D eigenvalue weighted by Gasteiger charge is -2.24. The molecule has 1 fully saturated rings. The van der Waals surface area contributed by atoms with Crippen LogP contribution in [0.4, 0.5) is 0 Å². The third kappa shape index (κ3) is 2.65. The lowest BCUT2D eigenvalue weighted by atomic mass is 9.98. The third-order valence-corrected chi connectivity index (χ3v) is 3.91. The van der Waals surface area contributed by atoms with E-state index in [0.717, 1.165) is 36.9 Å². The van der Waals surface area contributed by atoms with E-state index in [1.807, 2.05) is 6.07 Å². The number of fused-ring (bicyclic) bond motifs is 1. The van der Waals surface area contributed by atoms with Gasteiger partial charge < -0.3 is 14.6 Å². The molecule has 0 spiro atoms. The highest BCUT2D eigenvalue weighted by molar-refractivity contribution is 5.75. The number of aromatic nitrogens is 2. The second-order valence-electron chi connectivity index (χ2n) is 5.25. The van der Waals surface area contributed by atoms with Crippen LogP contribution in [0.25, 0.3) is 11.0 Å². The highest BCUT2D eigenvalue weighted by Crippen LogP contribution is 2.21. The molecule has 1 aromatic heterocycles. The first-order valence-corrected chi connectivity index (χ1v) is 7.02. The minimum atomic E-state index is 0.583. The van der Waals surface area contributed by atoms with Crippen LogP contribution in [0.1, 0.15) is 18.7 Å². The van der Waals surface area contributed by atoms with Crippen LogP contribution in [0.15, 0.2) is 24.3 Å². The average molecular weight is 259 g/mol. The van der Waals surface area contributed by atoms with Crippen LogP contribution in [0.3, 0.4) is 0 Å². The molecule has 0 unspecified atom stereocenters. The smallest absolute Gasteiger partial charge is 0.135 e. The summed E-state index contributed by atoms with van der Waals surface area (Å²) in [6.45, 7) is 3.91. The predicted octanol–water partition coefficient (Wildman–Crippen LogP) is 2.18. The number of piperidine rings is 1. The van der Waals surface area contributed by atoms with Crippen molar-refractivity contribution in [2.75, 3.05) is 20.2 Å². The summed E-state index contributed by atoms with van der Waals surface area (Å²) >= 11 is 0. The Hall–Kier alpha value is -1.39. The zero-order valence-electron chi connectivity index (χ0n) is 11.4. The molecule has 1 N–H and O–H groups in total. The van der Waals surface area contributed by atoms with E-state index in [4.69, 9.17) is 9.72 Å². The largest absolute Gasteiger partial charge is 0.377 e. The molecule has 0 bridgehead atoms. The van der Waals surface area contributed by atoms with Gasteiger partial charge in [-0.15, -0.1) is 0 Å². The summed E-state index contributed by atoms with van der Waals surface area (Å²) in [6.07, 6.45) is 2.50. The molecule has 102 valence electrons. The number of ether oxygens (including phenoxy) is 1. The van der Waals surface area contributed by atoms with E-state index in [-0.39, 0.29) is 0 Å². The number of nitrogens with zero attached hydrogens (tertiary/aromatic N) is 2. The molecule has 1 aliphatic heterocycles. The van der Waals surface area contributed by atoms with Crippen molar-refractivity contribution < 1.29 is 4.74 Å². The number of methoxy groups -OCH3 is 1. The van der Waals surface area contributed by atoms with E-state index in [0.29, 0.717) is 6.61 Å². The zero-order chi connectivity index (χ0) is 13.1. The van der Waals surface area contributed by atoms with E-state index in [9.17, 15) is 0 Å². The van der Waals surface area contributed by atoms with Gasteiger partial charge in [0, 0.05) is 13.7 Å². The van der Waals surface area contributed by atoms with E-state index >= 15 is 0 Å². The third-order valence-electron chi connectivity index (χ3n) is 3.91. The van der Waals surface area contributed by atoms with Gasteiger partial charge in [0.25, 0.3) is 0 Å². The standard InChI is InChI=1S/C15H21N3O/c1-19-11-15-17-13-4-2-3-5-14(13)18(15)10-12-6-8-16-9-7-12/h2-5,12,16H,6-11H2,1H3. The maximum absolute atomic E-state index is 5.29. The number of nitrogens with one attached hydrogen (secondary N) is 1. The number of imidazole rings is 1. The van der Waals surface area contributed by atoms with E-state index < -0.39 is 0 Å². The molecule has 2 heterocycles. The molecular formula is C15H21N3O. The fourth-order valence-corrected chi connectivity index (χ4v) is 2.89. The lowest BCUT2D eigenvalue weighted by Crippen LogP contribution is -2.30. The Balaban J connectivity index is 1.92. The Morgan fingerprint density at radius 3 is 2.89 bits per heavy atom. The highest BCUT2D eigenvalue weighted by Gasteiger charge is 2.17. The van der Waals surface area contributed by atoms with Gasteiger partial charge in [-0.2, -0.15) is 0 Å². The molecule has 0 aliphatic carbocycles. The topological polar surface area (TPSA) is 39.1 Å². The maximum atomic E-state index is 5.29. The molecule has 1 saturated heterocycles. The summed E-state index contributed by atoms with van der Waals surface area (Å²) in [4.78, 5) is 4.69. The lowest BCUT2D eigenvalue weighted by molar-refractivity contribution is 0.172. The quantitative estimate of drug-likeness (QED) is 0.914. The molecule has 4 nitrogen and oxygen atoms in total. The second kappa shape index (κ2) is 5.72. The predicted molar refractivity (Wildman–Crippen MR) is 76.0 cm³/mol. The summed E-state index contributed by atoms with van der Waals surface area (Å²) in [5.41, 5.74) is 2.30. The Bertz CT molecular complexity index is 543. The molecule has 1 aromatic carbocycles. The van der Waals surface area contributed by atoms with Crippen molar-refractivity contribution in [1.82, 2.24) is 14.9 Å². The maximum Gasteiger partial charge on any atom is 0.135 e. The molecule has 0 atom stereocenters. The van der Waals surface area contributed by atoms with Crippen molar-refractivity contribution in [1.29, 1.82) is 0 Å². The van der Waals surface area contributed by atoms with E-state index in [1.165, 1.54) is 18.4 Å². The molecule has 1 aliphatic rings. The fourth-order valence-electron chi connectivity index (χ4n) is 2.89. The summed E-state index contributed by atoms with van der Waals surface area (Å²) in [6, 6.07) is 8.36. The first-order chi connectivity index (χ1) is 9.38. The summed E-state index contributed by atoms with van der Waals surface area (Å²) in [5.74, 6) is 1.79. The van der Waals surface area contributed by atoms with Crippen LogP contribution in [0.5, 0.6) is 0 Å². The first kappa shape index (κ1) is 12.6. The van der Waals surface area contributed by atoms with Crippen LogP contribution < -0.4 is 5.32 Å². The average Bonchev–Trinajstić information content (AvgIpc) is 2.79. The zero-order valence-corrected chi connectivity index (χ0v) is 11.4. The minimum Gasteiger partial charge on any atom is -0.377 e. The van der Waals surface area contributed by atoms with Crippen LogP contribution in [-0.4, -0.2) is 29.8 Å². The SMILES string of the molecule is COCc1nc2ccccc2n1CC1CCNCC1. The number of para-hydroxylation sites is 2. The molecular weight excluding hydrogens is 238 g/mol. The fraction of sp³-hybridized carbons (Fsp3) is 0.533.